The lowest BCUT2D eigenvalue weighted by atomic mass is 10.3. The maximum absolute atomic E-state index is 5.93. The Kier molecular flexibility index (Phi) is 2.91. The largest absolute Gasteiger partial charge is 0.429 e. The number of ether oxygens (including phenoxy) is 1. The molecule has 1 aromatic heterocycles. The van der Waals surface area contributed by atoms with Crippen LogP contribution in [0, 0.1) is 0 Å². The zero-order chi connectivity index (χ0) is 9.97. The maximum atomic E-state index is 5.93. The first-order chi connectivity index (χ1) is 6.77. The van der Waals surface area contributed by atoms with Gasteiger partial charge in [0.2, 0.25) is 0 Å². The van der Waals surface area contributed by atoms with Crippen molar-refractivity contribution in [1.82, 2.24) is 4.98 Å². The Hall–Kier alpha value is -0.770. The number of rotatable bonds is 2. The Morgan fingerprint density at radius 1 is 1.29 bits per heavy atom. The zero-order valence-electron chi connectivity index (χ0n) is 6.91. The van der Waals surface area contributed by atoms with Crippen LogP contribution in [0.25, 0.3) is 0 Å². The molecule has 0 spiro atoms. The number of hydrogen-bond donors (Lipinski definition) is 0. The van der Waals surface area contributed by atoms with Crippen LogP contribution in [-0.4, -0.2) is 4.98 Å². The van der Waals surface area contributed by atoms with E-state index in [9.17, 15) is 0 Å². The smallest absolute Gasteiger partial charge is 0.278 e. The highest BCUT2D eigenvalue weighted by molar-refractivity contribution is 7.11. The molecule has 0 aliphatic heterocycles. The molecule has 1 aromatic carbocycles. The Bertz CT molecular complexity index is 430. The van der Waals surface area contributed by atoms with Gasteiger partial charge in [-0.3, -0.25) is 0 Å². The van der Waals surface area contributed by atoms with E-state index in [1.165, 1.54) is 11.3 Å². The van der Waals surface area contributed by atoms with Gasteiger partial charge in [0, 0.05) is 11.6 Å². The van der Waals surface area contributed by atoms with Gasteiger partial charge in [0.05, 0.1) is 5.02 Å². The van der Waals surface area contributed by atoms with E-state index in [-0.39, 0.29) is 0 Å². The van der Waals surface area contributed by atoms with Crippen LogP contribution in [0.4, 0.5) is 0 Å². The van der Waals surface area contributed by atoms with Crippen LogP contribution < -0.4 is 4.74 Å². The molecule has 2 rings (SSSR count). The van der Waals surface area contributed by atoms with Crippen LogP contribution in [0.3, 0.4) is 0 Å². The van der Waals surface area contributed by atoms with Crippen LogP contribution >= 0.6 is 34.5 Å². The standard InChI is InChI=1S/C9H5Cl2NOS/c10-6-2-1-3-7(8(6)11)13-9-12-4-5-14-9/h1-5H. The van der Waals surface area contributed by atoms with E-state index in [1.807, 2.05) is 5.38 Å². The number of nitrogens with zero attached hydrogens (tertiary/aromatic N) is 1. The SMILES string of the molecule is Clc1cccc(Oc2nccs2)c1Cl. The van der Waals surface area contributed by atoms with Gasteiger partial charge in [0.25, 0.3) is 5.19 Å². The molecule has 0 fully saturated rings. The van der Waals surface area contributed by atoms with Crippen LogP contribution in [0.5, 0.6) is 10.9 Å². The third-order valence-electron chi connectivity index (χ3n) is 1.52. The minimum absolute atomic E-state index is 0.407. The summed E-state index contributed by atoms with van der Waals surface area (Å²) in [5.74, 6) is 0.522. The molecule has 0 saturated heterocycles. The first kappa shape index (κ1) is 9.77. The highest BCUT2D eigenvalue weighted by Crippen LogP contribution is 2.34. The van der Waals surface area contributed by atoms with Crippen molar-refractivity contribution >= 4 is 34.5 Å². The second-order valence-corrected chi connectivity index (χ2v) is 4.09. The van der Waals surface area contributed by atoms with Crippen LogP contribution in [0.15, 0.2) is 29.8 Å². The van der Waals surface area contributed by atoms with Gasteiger partial charge in [-0.2, -0.15) is 0 Å². The van der Waals surface area contributed by atoms with Crippen molar-refractivity contribution in [3.8, 4) is 10.9 Å². The summed E-state index contributed by atoms with van der Waals surface area (Å²) in [6, 6.07) is 5.23. The molecule has 0 unspecified atom stereocenters. The fraction of sp³-hybridized carbons (Fsp3) is 0. The molecule has 72 valence electrons. The van der Waals surface area contributed by atoms with Gasteiger partial charge in [-0.1, -0.05) is 40.6 Å². The molecular formula is C9H5Cl2NOS. The molecule has 0 bridgehead atoms. The minimum atomic E-state index is 0.407. The molecule has 0 amide bonds. The number of halogens is 2. The van der Waals surface area contributed by atoms with Gasteiger partial charge in [0.1, 0.15) is 10.8 Å². The minimum Gasteiger partial charge on any atom is -0.429 e. The van der Waals surface area contributed by atoms with Gasteiger partial charge in [-0.05, 0) is 12.1 Å². The number of benzene rings is 1. The van der Waals surface area contributed by atoms with Crippen molar-refractivity contribution in [2.45, 2.75) is 0 Å². The van der Waals surface area contributed by atoms with E-state index in [1.54, 1.807) is 24.4 Å². The van der Waals surface area contributed by atoms with Crippen molar-refractivity contribution in [3.05, 3.63) is 39.8 Å². The molecule has 0 aliphatic carbocycles. The molecule has 0 saturated carbocycles. The monoisotopic (exact) mass is 245 g/mol. The number of aromatic nitrogens is 1. The quantitative estimate of drug-likeness (QED) is 0.790. The molecule has 2 aromatic rings. The average Bonchev–Trinajstić information content (AvgIpc) is 2.66. The topological polar surface area (TPSA) is 22.1 Å². The van der Waals surface area contributed by atoms with Crippen molar-refractivity contribution in [3.63, 3.8) is 0 Å². The van der Waals surface area contributed by atoms with Crippen LogP contribution in [0.1, 0.15) is 0 Å². The number of hydrogen-bond acceptors (Lipinski definition) is 3. The van der Waals surface area contributed by atoms with Crippen LogP contribution in [0.2, 0.25) is 10.0 Å². The second-order valence-electron chi connectivity index (χ2n) is 2.45. The van der Waals surface area contributed by atoms with Crippen molar-refractivity contribution in [2.24, 2.45) is 0 Å². The summed E-state index contributed by atoms with van der Waals surface area (Å²) in [6.45, 7) is 0. The Morgan fingerprint density at radius 3 is 2.86 bits per heavy atom. The average molecular weight is 246 g/mol. The summed E-state index contributed by atoms with van der Waals surface area (Å²) in [6.07, 6.45) is 1.67. The van der Waals surface area contributed by atoms with E-state index in [4.69, 9.17) is 27.9 Å². The first-order valence-electron chi connectivity index (χ1n) is 3.79. The lowest BCUT2D eigenvalue weighted by Crippen LogP contribution is -1.84. The van der Waals surface area contributed by atoms with Gasteiger partial charge in [-0.15, -0.1) is 0 Å². The molecule has 1 heterocycles. The summed E-state index contributed by atoms with van der Waals surface area (Å²) in [5.41, 5.74) is 0. The third-order valence-corrected chi connectivity index (χ3v) is 2.97. The lowest BCUT2D eigenvalue weighted by Gasteiger charge is -2.04. The van der Waals surface area contributed by atoms with Gasteiger partial charge in [-0.25, -0.2) is 4.98 Å². The fourth-order valence-electron chi connectivity index (χ4n) is 0.918. The third kappa shape index (κ3) is 2.00. The molecular weight excluding hydrogens is 241 g/mol. The van der Waals surface area contributed by atoms with E-state index in [0.29, 0.717) is 21.0 Å². The van der Waals surface area contributed by atoms with E-state index < -0.39 is 0 Å². The molecule has 0 atom stereocenters. The maximum Gasteiger partial charge on any atom is 0.278 e. The lowest BCUT2D eigenvalue weighted by molar-refractivity contribution is 0.479. The summed E-state index contributed by atoms with van der Waals surface area (Å²) in [5, 5.41) is 3.26. The first-order valence-corrected chi connectivity index (χ1v) is 5.42. The van der Waals surface area contributed by atoms with Gasteiger partial charge in [0.15, 0.2) is 0 Å². The highest BCUT2D eigenvalue weighted by atomic mass is 35.5. The van der Waals surface area contributed by atoms with E-state index in [2.05, 4.69) is 4.98 Å². The van der Waals surface area contributed by atoms with Crippen molar-refractivity contribution in [2.75, 3.05) is 0 Å². The van der Waals surface area contributed by atoms with Gasteiger partial charge < -0.3 is 4.74 Å². The molecule has 14 heavy (non-hydrogen) atoms. The zero-order valence-corrected chi connectivity index (χ0v) is 9.23. The highest BCUT2D eigenvalue weighted by Gasteiger charge is 2.07. The Balaban J connectivity index is 2.29. The summed E-state index contributed by atoms with van der Waals surface area (Å²) in [7, 11) is 0. The molecule has 0 radical (unpaired) electrons. The summed E-state index contributed by atoms with van der Waals surface area (Å²) >= 11 is 13.2. The van der Waals surface area contributed by atoms with E-state index in [0.717, 1.165) is 0 Å². The predicted octanol–water partition coefficient (Wildman–Crippen LogP) is 4.24. The van der Waals surface area contributed by atoms with Crippen molar-refractivity contribution < 1.29 is 4.74 Å². The van der Waals surface area contributed by atoms with Crippen molar-refractivity contribution in [1.29, 1.82) is 0 Å². The second kappa shape index (κ2) is 4.17. The molecule has 0 N–H and O–H groups in total. The van der Waals surface area contributed by atoms with Gasteiger partial charge >= 0.3 is 0 Å². The summed E-state index contributed by atoms with van der Waals surface area (Å²) < 4.78 is 5.42. The fourth-order valence-corrected chi connectivity index (χ4v) is 1.75. The normalized spacial score (nSPS) is 10.1. The van der Waals surface area contributed by atoms with Crippen LogP contribution in [-0.2, 0) is 0 Å². The Labute approximate surface area is 95.1 Å². The molecule has 5 heteroatoms. The predicted molar refractivity (Wildman–Crippen MR) is 58.7 cm³/mol. The molecule has 2 nitrogen and oxygen atoms in total. The summed E-state index contributed by atoms with van der Waals surface area (Å²) in [4.78, 5) is 3.98. The van der Waals surface area contributed by atoms with E-state index >= 15 is 0 Å². The Morgan fingerprint density at radius 2 is 2.14 bits per heavy atom. The molecule has 0 aliphatic rings. The number of thiazole rings is 1.